The number of carbonyl (C=O) groups excluding carboxylic acids is 2. The second-order valence-electron chi connectivity index (χ2n) is 8.43. The smallest absolute Gasteiger partial charge is 0.300 e. The fraction of sp³-hybridized carbons (Fsp3) is 0.214. The van der Waals surface area contributed by atoms with E-state index in [0.29, 0.717) is 34.4 Å². The highest BCUT2D eigenvalue weighted by Crippen LogP contribution is 2.44. The zero-order chi connectivity index (χ0) is 26.0. The molecule has 8 heteroatoms. The van der Waals surface area contributed by atoms with Gasteiger partial charge in [-0.05, 0) is 55.0 Å². The fourth-order valence-electron chi connectivity index (χ4n) is 4.27. The molecule has 1 N–H and O–H groups in total. The number of amides is 1. The lowest BCUT2D eigenvalue weighted by Crippen LogP contribution is -2.29. The van der Waals surface area contributed by atoms with Crippen LogP contribution < -0.4 is 19.3 Å². The SMILES string of the molecule is CCOc1cccc(N2C(=O)C(=O)/C(=C(/O)c3cc(Cl)ccc3OC)C2c2ccc(N(C)C)cc2)c1. The highest BCUT2D eigenvalue weighted by Gasteiger charge is 2.47. The number of carbonyl (C=O) groups is 2. The van der Waals surface area contributed by atoms with Gasteiger partial charge in [-0.15, -0.1) is 0 Å². The van der Waals surface area contributed by atoms with Crippen LogP contribution in [0.15, 0.2) is 72.3 Å². The Morgan fingerprint density at radius 2 is 1.78 bits per heavy atom. The molecule has 36 heavy (non-hydrogen) atoms. The first-order chi connectivity index (χ1) is 17.3. The van der Waals surface area contributed by atoms with Gasteiger partial charge < -0.3 is 19.5 Å². The number of benzene rings is 3. The van der Waals surface area contributed by atoms with E-state index in [9.17, 15) is 14.7 Å². The highest BCUT2D eigenvalue weighted by molar-refractivity contribution is 6.51. The summed E-state index contributed by atoms with van der Waals surface area (Å²) in [6.07, 6.45) is 0. The Labute approximate surface area is 215 Å². The number of ether oxygens (including phenoxy) is 2. The maximum atomic E-state index is 13.4. The Morgan fingerprint density at radius 1 is 1.06 bits per heavy atom. The van der Waals surface area contributed by atoms with E-state index in [1.54, 1.807) is 36.4 Å². The molecule has 7 nitrogen and oxygen atoms in total. The van der Waals surface area contributed by atoms with Gasteiger partial charge in [-0.25, -0.2) is 0 Å². The largest absolute Gasteiger partial charge is 0.507 e. The zero-order valence-electron chi connectivity index (χ0n) is 20.5. The zero-order valence-corrected chi connectivity index (χ0v) is 21.2. The molecule has 1 aliphatic rings. The predicted octanol–water partition coefficient (Wildman–Crippen LogP) is 5.44. The van der Waals surface area contributed by atoms with E-state index in [4.69, 9.17) is 21.1 Å². The van der Waals surface area contributed by atoms with Gasteiger partial charge in [0.2, 0.25) is 0 Å². The molecular formula is C28H27ClN2O5. The molecule has 0 spiro atoms. The first-order valence-corrected chi connectivity index (χ1v) is 11.8. The maximum Gasteiger partial charge on any atom is 0.300 e. The first-order valence-electron chi connectivity index (χ1n) is 11.4. The van der Waals surface area contributed by atoms with Gasteiger partial charge in [0.1, 0.15) is 17.3 Å². The van der Waals surface area contributed by atoms with Gasteiger partial charge in [-0.2, -0.15) is 0 Å². The second kappa shape index (κ2) is 10.3. The Kier molecular flexibility index (Phi) is 7.22. The van der Waals surface area contributed by atoms with Crippen molar-refractivity contribution in [3.05, 3.63) is 88.5 Å². The number of halogens is 1. The number of methoxy groups -OCH3 is 1. The monoisotopic (exact) mass is 506 g/mol. The minimum absolute atomic E-state index is 0.0556. The summed E-state index contributed by atoms with van der Waals surface area (Å²) < 4.78 is 11.0. The van der Waals surface area contributed by atoms with Crippen LogP contribution in [0.2, 0.25) is 5.02 Å². The van der Waals surface area contributed by atoms with Crippen molar-refractivity contribution in [1.29, 1.82) is 0 Å². The van der Waals surface area contributed by atoms with E-state index >= 15 is 0 Å². The molecule has 1 atom stereocenters. The summed E-state index contributed by atoms with van der Waals surface area (Å²) in [6.45, 7) is 2.32. The Balaban J connectivity index is 1.96. The van der Waals surface area contributed by atoms with Crippen molar-refractivity contribution in [3.63, 3.8) is 0 Å². The molecule has 1 heterocycles. The molecule has 0 radical (unpaired) electrons. The van der Waals surface area contributed by atoms with Crippen molar-refractivity contribution in [1.82, 2.24) is 0 Å². The number of hydrogen-bond acceptors (Lipinski definition) is 6. The molecule has 0 aromatic heterocycles. The van der Waals surface area contributed by atoms with Gasteiger partial charge in [0.05, 0.1) is 30.9 Å². The van der Waals surface area contributed by atoms with Crippen LogP contribution in [0.1, 0.15) is 24.1 Å². The van der Waals surface area contributed by atoms with E-state index in [1.165, 1.54) is 18.1 Å². The lowest BCUT2D eigenvalue weighted by molar-refractivity contribution is -0.132. The maximum absolute atomic E-state index is 13.4. The third-order valence-electron chi connectivity index (χ3n) is 5.99. The van der Waals surface area contributed by atoms with E-state index in [0.717, 1.165) is 5.69 Å². The van der Waals surface area contributed by atoms with Gasteiger partial charge in [-0.3, -0.25) is 14.5 Å². The molecule has 1 fully saturated rings. The minimum atomic E-state index is -0.887. The average Bonchev–Trinajstić information content (AvgIpc) is 3.14. The molecule has 1 amide bonds. The summed E-state index contributed by atoms with van der Waals surface area (Å²) in [5, 5.41) is 11.8. The quantitative estimate of drug-likeness (QED) is 0.261. The Hall–Kier alpha value is -3.97. The number of anilines is 2. The van der Waals surface area contributed by atoms with E-state index in [1.807, 2.05) is 50.2 Å². The number of nitrogens with zero attached hydrogens (tertiary/aromatic N) is 2. The van der Waals surface area contributed by atoms with Crippen LogP contribution in [0, 0.1) is 0 Å². The Morgan fingerprint density at radius 3 is 2.42 bits per heavy atom. The predicted molar refractivity (Wildman–Crippen MR) is 141 cm³/mol. The summed E-state index contributed by atoms with van der Waals surface area (Å²) in [5.41, 5.74) is 2.25. The normalized spacial score (nSPS) is 16.8. The van der Waals surface area contributed by atoms with E-state index in [2.05, 4.69) is 0 Å². The average molecular weight is 507 g/mol. The number of rotatable bonds is 7. The van der Waals surface area contributed by atoms with Crippen LogP contribution in [0.4, 0.5) is 11.4 Å². The lowest BCUT2D eigenvalue weighted by atomic mass is 9.94. The van der Waals surface area contributed by atoms with Crippen LogP contribution in [0.25, 0.3) is 5.76 Å². The number of aliphatic hydroxyl groups is 1. The molecular weight excluding hydrogens is 480 g/mol. The second-order valence-corrected chi connectivity index (χ2v) is 8.87. The van der Waals surface area contributed by atoms with Crippen LogP contribution in [0.5, 0.6) is 11.5 Å². The molecule has 1 saturated heterocycles. The van der Waals surface area contributed by atoms with E-state index in [-0.39, 0.29) is 16.9 Å². The summed E-state index contributed by atoms with van der Waals surface area (Å²) in [4.78, 5) is 30.2. The molecule has 1 aliphatic heterocycles. The Bertz CT molecular complexity index is 1330. The van der Waals surface area contributed by atoms with Crippen molar-refractivity contribution < 1.29 is 24.2 Å². The van der Waals surface area contributed by atoms with Gasteiger partial charge in [0.15, 0.2) is 0 Å². The number of hydrogen-bond donors (Lipinski definition) is 1. The fourth-order valence-corrected chi connectivity index (χ4v) is 4.44. The summed E-state index contributed by atoms with van der Waals surface area (Å²) in [6, 6.07) is 18.3. The third kappa shape index (κ3) is 4.62. The van der Waals surface area contributed by atoms with Crippen LogP contribution in [-0.4, -0.2) is 44.6 Å². The first kappa shape index (κ1) is 25.1. The minimum Gasteiger partial charge on any atom is -0.507 e. The summed E-state index contributed by atoms with van der Waals surface area (Å²) in [5.74, 6) is -1.04. The molecule has 0 saturated carbocycles. The number of Topliss-reactive ketones (excluding diaryl/α,β-unsaturated/α-hetero) is 1. The van der Waals surface area contributed by atoms with Gasteiger partial charge in [-0.1, -0.05) is 29.8 Å². The standard InChI is InChI=1S/C28H27ClN2O5/c1-5-36-21-8-6-7-20(16-21)31-25(17-9-12-19(13-10-17)30(2)3)24(27(33)28(31)34)26(32)22-15-18(29)11-14-23(22)35-4/h6-16,25,32H,5H2,1-4H3/b26-24+. The number of ketones is 1. The van der Waals surface area contributed by atoms with Crippen LogP contribution in [-0.2, 0) is 9.59 Å². The van der Waals surface area contributed by atoms with Crippen molar-refractivity contribution >= 4 is 40.4 Å². The van der Waals surface area contributed by atoms with Crippen molar-refractivity contribution in [2.75, 3.05) is 37.6 Å². The van der Waals surface area contributed by atoms with Crippen molar-refractivity contribution in [3.8, 4) is 11.5 Å². The lowest BCUT2D eigenvalue weighted by Gasteiger charge is -2.26. The van der Waals surface area contributed by atoms with Crippen LogP contribution in [0.3, 0.4) is 0 Å². The third-order valence-corrected chi connectivity index (χ3v) is 6.23. The molecule has 186 valence electrons. The molecule has 4 rings (SSSR count). The summed E-state index contributed by atoms with van der Waals surface area (Å²) >= 11 is 6.19. The van der Waals surface area contributed by atoms with Gasteiger partial charge in [0.25, 0.3) is 11.7 Å². The van der Waals surface area contributed by atoms with Gasteiger partial charge in [0, 0.05) is 36.6 Å². The molecule has 0 bridgehead atoms. The topological polar surface area (TPSA) is 79.3 Å². The van der Waals surface area contributed by atoms with Crippen molar-refractivity contribution in [2.45, 2.75) is 13.0 Å². The number of aliphatic hydroxyl groups excluding tert-OH is 1. The molecule has 3 aromatic rings. The highest BCUT2D eigenvalue weighted by atomic mass is 35.5. The van der Waals surface area contributed by atoms with Crippen LogP contribution >= 0.6 is 11.6 Å². The summed E-state index contributed by atoms with van der Waals surface area (Å²) in [7, 11) is 5.30. The molecule has 3 aromatic carbocycles. The van der Waals surface area contributed by atoms with Crippen molar-refractivity contribution in [2.24, 2.45) is 0 Å². The molecule has 0 aliphatic carbocycles. The molecule has 1 unspecified atom stereocenters. The van der Waals surface area contributed by atoms with E-state index < -0.39 is 17.7 Å². The van der Waals surface area contributed by atoms with Gasteiger partial charge >= 0.3 is 0 Å².